The van der Waals surface area contributed by atoms with Gasteiger partial charge in [-0.1, -0.05) is 39.6 Å². The number of aryl methyl sites for hydroxylation is 1. The van der Waals surface area contributed by atoms with Crippen LogP contribution < -0.4 is 5.56 Å². The van der Waals surface area contributed by atoms with Crippen LogP contribution in [-0.4, -0.2) is 19.7 Å². The molecule has 1 aliphatic rings. The predicted octanol–water partition coefficient (Wildman–Crippen LogP) is 3.06. The first-order chi connectivity index (χ1) is 11.6. The molecular formula is C17H15BrN4O2. The lowest BCUT2D eigenvalue weighted by molar-refractivity contribution is 0.273. The van der Waals surface area contributed by atoms with E-state index in [1.165, 1.54) is 16.3 Å². The van der Waals surface area contributed by atoms with Crippen molar-refractivity contribution < 1.29 is 4.52 Å². The monoisotopic (exact) mass is 386 g/mol. The number of hydrogen-bond acceptors (Lipinski definition) is 5. The Kier molecular flexibility index (Phi) is 3.60. The fraction of sp³-hybridized carbons (Fsp3) is 0.294. The minimum absolute atomic E-state index is 0.177. The molecule has 1 aliphatic carbocycles. The van der Waals surface area contributed by atoms with Gasteiger partial charge in [0, 0.05) is 17.7 Å². The Morgan fingerprint density at radius 3 is 2.62 bits per heavy atom. The van der Waals surface area contributed by atoms with Crippen molar-refractivity contribution >= 4 is 15.9 Å². The van der Waals surface area contributed by atoms with Gasteiger partial charge in [-0.15, -0.1) is 0 Å². The summed E-state index contributed by atoms with van der Waals surface area (Å²) in [4.78, 5) is 20.1. The molecular weight excluding hydrogens is 372 g/mol. The van der Waals surface area contributed by atoms with Crippen LogP contribution >= 0.6 is 15.9 Å². The van der Waals surface area contributed by atoms with E-state index in [-0.39, 0.29) is 11.0 Å². The van der Waals surface area contributed by atoms with Crippen molar-refractivity contribution in [2.45, 2.75) is 24.7 Å². The van der Waals surface area contributed by atoms with Gasteiger partial charge in [-0.2, -0.15) is 4.98 Å². The first-order valence-electron chi connectivity index (χ1n) is 7.72. The molecule has 4 rings (SSSR count). The first kappa shape index (κ1) is 15.3. The van der Waals surface area contributed by atoms with Gasteiger partial charge in [0.15, 0.2) is 5.82 Å². The molecule has 2 aromatic heterocycles. The molecule has 0 amide bonds. The number of hydrogen-bond donors (Lipinski definition) is 0. The van der Waals surface area contributed by atoms with Crippen LogP contribution in [0.15, 0.2) is 50.4 Å². The minimum atomic E-state index is -0.191. The summed E-state index contributed by atoms with van der Waals surface area (Å²) in [6, 6.07) is 8.27. The second-order valence-corrected chi connectivity index (χ2v) is 7.00. The third-order valence-electron chi connectivity index (χ3n) is 4.65. The van der Waals surface area contributed by atoms with Gasteiger partial charge >= 0.3 is 0 Å². The normalized spacial score (nSPS) is 15.9. The van der Waals surface area contributed by atoms with Gasteiger partial charge < -0.3 is 9.09 Å². The highest BCUT2D eigenvalue weighted by Crippen LogP contribution is 2.48. The molecule has 122 valence electrons. The summed E-state index contributed by atoms with van der Waals surface area (Å²) < 4.78 is 7.91. The van der Waals surface area contributed by atoms with Crippen molar-refractivity contribution in [3.05, 3.63) is 62.9 Å². The molecule has 1 aromatic carbocycles. The molecule has 2 heterocycles. The third kappa shape index (κ3) is 2.39. The molecule has 0 aliphatic heterocycles. The highest BCUT2D eigenvalue weighted by atomic mass is 79.9. The molecule has 0 bridgehead atoms. The van der Waals surface area contributed by atoms with Gasteiger partial charge in [-0.05, 0) is 30.5 Å². The van der Waals surface area contributed by atoms with Gasteiger partial charge in [-0.25, -0.2) is 4.98 Å². The van der Waals surface area contributed by atoms with E-state index in [9.17, 15) is 4.79 Å². The van der Waals surface area contributed by atoms with E-state index in [0.717, 1.165) is 23.7 Å². The zero-order valence-electron chi connectivity index (χ0n) is 13.1. The quantitative estimate of drug-likeness (QED) is 0.691. The first-order valence-corrected chi connectivity index (χ1v) is 8.51. The molecule has 0 N–H and O–H groups in total. The fourth-order valence-corrected chi connectivity index (χ4v) is 3.33. The van der Waals surface area contributed by atoms with Crippen LogP contribution in [0.1, 0.15) is 30.7 Å². The van der Waals surface area contributed by atoms with Crippen molar-refractivity contribution in [1.29, 1.82) is 0 Å². The Hall–Kier alpha value is -2.28. The molecule has 24 heavy (non-hydrogen) atoms. The smallest absolute Gasteiger partial charge is 0.278 e. The molecule has 1 saturated carbocycles. The van der Waals surface area contributed by atoms with Crippen molar-refractivity contribution in [3.8, 4) is 11.6 Å². The maximum atomic E-state index is 11.5. The number of aromatic nitrogens is 4. The van der Waals surface area contributed by atoms with E-state index in [4.69, 9.17) is 4.52 Å². The lowest BCUT2D eigenvalue weighted by Gasteiger charge is -2.39. The molecule has 3 aromatic rings. The van der Waals surface area contributed by atoms with Crippen molar-refractivity contribution in [1.82, 2.24) is 19.7 Å². The molecule has 1 fully saturated rings. The number of benzene rings is 1. The van der Waals surface area contributed by atoms with Crippen LogP contribution in [0.25, 0.3) is 11.6 Å². The van der Waals surface area contributed by atoms with E-state index >= 15 is 0 Å². The van der Waals surface area contributed by atoms with Crippen molar-refractivity contribution in [3.63, 3.8) is 0 Å². The van der Waals surface area contributed by atoms with Crippen LogP contribution in [-0.2, 0) is 12.5 Å². The Bertz CT molecular complexity index is 942. The minimum Gasteiger partial charge on any atom is -0.332 e. The summed E-state index contributed by atoms with van der Waals surface area (Å²) in [6.07, 6.45) is 5.99. The van der Waals surface area contributed by atoms with Crippen LogP contribution in [0.2, 0.25) is 0 Å². The molecule has 0 radical (unpaired) electrons. The van der Waals surface area contributed by atoms with Gasteiger partial charge in [0.05, 0.1) is 11.6 Å². The van der Waals surface area contributed by atoms with E-state index in [1.54, 1.807) is 13.2 Å². The summed E-state index contributed by atoms with van der Waals surface area (Å²) in [7, 11) is 1.67. The largest absolute Gasteiger partial charge is 0.332 e. The molecule has 0 saturated heterocycles. The van der Waals surface area contributed by atoms with Crippen LogP contribution in [0.4, 0.5) is 0 Å². The summed E-state index contributed by atoms with van der Waals surface area (Å²) in [6.45, 7) is 0. The molecule has 6 nitrogen and oxygen atoms in total. The van der Waals surface area contributed by atoms with Crippen LogP contribution in [0.3, 0.4) is 0 Å². The summed E-state index contributed by atoms with van der Waals surface area (Å²) >= 11 is 3.47. The lowest BCUT2D eigenvalue weighted by Crippen LogP contribution is -2.36. The SMILES string of the molecule is Cn1cc(-c2nc(C3(c4ccc(Br)cc4)CCC3)no2)ncc1=O. The molecule has 0 atom stereocenters. The average molecular weight is 387 g/mol. The standard InChI is InChI=1S/C17H15BrN4O2/c1-22-10-13(19-9-14(22)23)15-20-16(21-24-15)17(7-2-8-17)11-3-5-12(18)6-4-11/h3-6,9-10H,2,7-8H2,1H3. The molecule has 0 spiro atoms. The summed E-state index contributed by atoms with van der Waals surface area (Å²) in [5.74, 6) is 1.02. The van der Waals surface area contributed by atoms with E-state index in [2.05, 4.69) is 43.2 Å². The predicted molar refractivity (Wildman–Crippen MR) is 91.5 cm³/mol. The number of rotatable bonds is 3. The Balaban J connectivity index is 1.74. The summed E-state index contributed by atoms with van der Waals surface area (Å²) in [5, 5.41) is 4.21. The van der Waals surface area contributed by atoms with E-state index < -0.39 is 0 Å². The van der Waals surface area contributed by atoms with Gasteiger partial charge in [0.25, 0.3) is 11.4 Å². The maximum absolute atomic E-state index is 11.5. The van der Waals surface area contributed by atoms with E-state index in [1.807, 2.05) is 12.1 Å². The maximum Gasteiger partial charge on any atom is 0.278 e. The third-order valence-corrected chi connectivity index (χ3v) is 5.18. The Labute approximate surface area is 146 Å². The lowest BCUT2D eigenvalue weighted by atomic mass is 9.64. The summed E-state index contributed by atoms with van der Waals surface area (Å²) in [5.41, 5.74) is 1.32. The average Bonchev–Trinajstić information content (AvgIpc) is 3.01. The van der Waals surface area contributed by atoms with Crippen LogP contribution in [0.5, 0.6) is 0 Å². The van der Waals surface area contributed by atoms with E-state index in [0.29, 0.717) is 17.4 Å². The molecule has 7 heteroatoms. The van der Waals surface area contributed by atoms with Gasteiger partial charge in [-0.3, -0.25) is 4.79 Å². The van der Waals surface area contributed by atoms with Crippen molar-refractivity contribution in [2.75, 3.05) is 0 Å². The van der Waals surface area contributed by atoms with Gasteiger partial charge in [0.1, 0.15) is 5.69 Å². The zero-order chi connectivity index (χ0) is 16.7. The number of halogens is 1. The Morgan fingerprint density at radius 2 is 2.00 bits per heavy atom. The second-order valence-electron chi connectivity index (χ2n) is 6.09. The zero-order valence-corrected chi connectivity index (χ0v) is 14.7. The van der Waals surface area contributed by atoms with Crippen LogP contribution in [0, 0.1) is 0 Å². The topological polar surface area (TPSA) is 73.8 Å². The fourth-order valence-electron chi connectivity index (χ4n) is 3.07. The Morgan fingerprint density at radius 1 is 1.25 bits per heavy atom. The number of nitrogens with zero attached hydrogens (tertiary/aromatic N) is 4. The highest BCUT2D eigenvalue weighted by Gasteiger charge is 2.44. The van der Waals surface area contributed by atoms with Gasteiger partial charge in [0.2, 0.25) is 0 Å². The highest BCUT2D eigenvalue weighted by molar-refractivity contribution is 9.10. The van der Waals surface area contributed by atoms with Crippen molar-refractivity contribution in [2.24, 2.45) is 7.05 Å². The second kappa shape index (κ2) is 5.66. The molecule has 0 unspecified atom stereocenters.